The van der Waals surface area contributed by atoms with Crippen molar-refractivity contribution in [2.45, 2.75) is 55.9 Å². The molecule has 1 saturated heterocycles. The van der Waals surface area contributed by atoms with Crippen LogP contribution in [0.5, 0.6) is 0 Å². The van der Waals surface area contributed by atoms with Crippen molar-refractivity contribution in [2.75, 3.05) is 19.6 Å². The Morgan fingerprint density at radius 2 is 1.83 bits per heavy atom. The van der Waals surface area contributed by atoms with E-state index in [-0.39, 0.29) is 47.6 Å². The number of carbonyl (C=O) groups excluding carboxylic acids is 1. The zero-order valence-corrected chi connectivity index (χ0v) is 19.0. The maximum Gasteiger partial charge on any atom is 0.244 e. The van der Waals surface area contributed by atoms with E-state index >= 15 is 0 Å². The van der Waals surface area contributed by atoms with Crippen molar-refractivity contribution in [3.8, 4) is 0 Å². The van der Waals surface area contributed by atoms with Crippen LogP contribution in [0.3, 0.4) is 0 Å². The van der Waals surface area contributed by atoms with Crippen LogP contribution in [0.25, 0.3) is 0 Å². The Morgan fingerprint density at radius 3 is 2.38 bits per heavy atom. The van der Waals surface area contributed by atoms with Crippen LogP contribution in [-0.4, -0.2) is 49.3 Å². The molecule has 0 radical (unpaired) electrons. The van der Waals surface area contributed by atoms with Gasteiger partial charge in [0, 0.05) is 44.0 Å². The topological polar surface area (TPSA) is 105 Å². The smallest absolute Gasteiger partial charge is 0.244 e. The molecule has 29 heavy (non-hydrogen) atoms. The number of piperidine rings is 1. The minimum absolute atomic E-state index is 0. The maximum absolute atomic E-state index is 12.7. The number of nitrogens with two attached hydrogens (primary N) is 1. The van der Waals surface area contributed by atoms with Crippen LogP contribution < -0.4 is 11.1 Å². The minimum atomic E-state index is -3.54. The average Bonchev–Trinajstić information content (AvgIpc) is 2.73. The lowest BCUT2D eigenvalue weighted by atomic mass is 9.83. The number of halogens is 2. The van der Waals surface area contributed by atoms with Gasteiger partial charge in [0.05, 0.1) is 0 Å². The Hall–Kier alpha value is -0.930. The lowest BCUT2D eigenvalue weighted by Crippen LogP contribution is -2.50. The first-order valence-electron chi connectivity index (χ1n) is 9.93. The lowest BCUT2D eigenvalue weighted by molar-refractivity contribution is -0.127. The van der Waals surface area contributed by atoms with Crippen LogP contribution >= 0.6 is 24.8 Å². The number of aromatic nitrogens is 1. The molecule has 1 aliphatic carbocycles. The number of amides is 1. The summed E-state index contributed by atoms with van der Waals surface area (Å²) in [5, 5.41) is 3.15. The zero-order chi connectivity index (χ0) is 19.3. The van der Waals surface area contributed by atoms with E-state index in [0.29, 0.717) is 38.4 Å². The van der Waals surface area contributed by atoms with E-state index in [0.717, 1.165) is 12.8 Å². The van der Waals surface area contributed by atoms with E-state index in [1.54, 1.807) is 18.3 Å². The lowest BCUT2D eigenvalue weighted by Gasteiger charge is -2.34. The second-order valence-electron chi connectivity index (χ2n) is 7.62. The monoisotopic (exact) mass is 466 g/mol. The van der Waals surface area contributed by atoms with Crippen molar-refractivity contribution in [3.05, 3.63) is 24.5 Å². The number of nitrogens with zero attached hydrogens (tertiary/aromatic N) is 2. The van der Waals surface area contributed by atoms with Crippen molar-refractivity contribution in [1.82, 2.24) is 14.6 Å². The van der Waals surface area contributed by atoms with Gasteiger partial charge in [-0.3, -0.25) is 9.78 Å². The van der Waals surface area contributed by atoms with Crippen LogP contribution in [0.15, 0.2) is 29.4 Å². The van der Waals surface area contributed by atoms with E-state index in [1.165, 1.54) is 29.8 Å². The third-order valence-corrected chi connectivity index (χ3v) is 7.78. The molecule has 7 nitrogen and oxygen atoms in total. The molecule has 10 heteroatoms. The van der Waals surface area contributed by atoms with E-state index in [1.807, 2.05) is 0 Å². The Kier molecular flexibility index (Phi) is 10.8. The Bertz CT molecular complexity index is 722. The summed E-state index contributed by atoms with van der Waals surface area (Å²) >= 11 is 0. The Labute approximate surface area is 186 Å². The van der Waals surface area contributed by atoms with E-state index in [9.17, 15) is 13.2 Å². The molecule has 1 aromatic rings. The van der Waals surface area contributed by atoms with Gasteiger partial charge in [-0.25, -0.2) is 8.42 Å². The van der Waals surface area contributed by atoms with Gasteiger partial charge in [-0.1, -0.05) is 19.3 Å². The fourth-order valence-corrected chi connectivity index (χ4v) is 5.65. The average molecular weight is 467 g/mol. The summed E-state index contributed by atoms with van der Waals surface area (Å²) in [6.45, 7) is 1.17. The molecule has 0 aromatic carbocycles. The van der Waals surface area contributed by atoms with Gasteiger partial charge in [0.2, 0.25) is 15.9 Å². The molecule has 0 spiro atoms. The third kappa shape index (κ3) is 6.52. The predicted octanol–water partition coefficient (Wildman–Crippen LogP) is 2.35. The van der Waals surface area contributed by atoms with Gasteiger partial charge in [0.25, 0.3) is 0 Å². The summed E-state index contributed by atoms with van der Waals surface area (Å²) in [4.78, 5) is 16.8. The summed E-state index contributed by atoms with van der Waals surface area (Å²) in [5.41, 5.74) is 5.92. The first-order valence-corrected chi connectivity index (χ1v) is 11.4. The van der Waals surface area contributed by atoms with Crippen LogP contribution in [0.2, 0.25) is 0 Å². The molecule has 2 aliphatic rings. The molecule has 166 valence electrons. The fourth-order valence-electron chi connectivity index (χ4n) is 4.21. The van der Waals surface area contributed by atoms with Gasteiger partial charge >= 0.3 is 0 Å². The van der Waals surface area contributed by atoms with Crippen molar-refractivity contribution in [3.63, 3.8) is 0 Å². The Morgan fingerprint density at radius 1 is 1.17 bits per heavy atom. The number of carbonyl (C=O) groups is 1. The summed E-state index contributed by atoms with van der Waals surface area (Å²) in [6, 6.07) is 3.21. The summed E-state index contributed by atoms with van der Waals surface area (Å²) in [6.07, 6.45) is 9.93. The highest BCUT2D eigenvalue weighted by Gasteiger charge is 2.33. The van der Waals surface area contributed by atoms with Crippen molar-refractivity contribution in [1.29, 1.82) is 0 Å². The number of pyridine rings is 1. The number of sulfonamides is 1. The van der Waals surface area contributed by atoms with Crippen LogP contribution in [0, 0.1) is 11.8 Å². The zero-order valence-electron chi connectivity index (χ0n) is 16.5. The minimum Gasteiger partial charge on any atom is -0.352 e. The molecular formula is C19H32Cl2N4O3S. The van der Waals surface area contributed by atoms with Gasteiger partial charge in [-0.15, -0.1) is 24.8 Å². The number of hydrogen-bond donors (Lipinski definition) is 2. The van der Waals surface area contributed by atoms with E-state index < -0.39 is 10.0 Å². The van der Waals surface area contributed by atoms with Crippen LogP contribution in [-0.2, 0) is 14.8 Å². The van der Waals surface area contributed by atoms with Crippen molar-refractivity contribution < 1.29 is 13.2 Å². The van der Waals surface area contributed by atoms with Gasteiger partial charge in [-0.2, -0.15) is 4.31 Å². The number of nitrogens with one attached hydrogen (secondary N) is 1. The molecule has 1 saturated carbocycles. The molecule has 3 rings (SSSR count). The van der Waals surface area contributed by atoms with Gasteiger partial charge in [0.1, 0.15) is 4.90 Å². The third-order valence-electron chi connectivity index (χ3n) is 5.90. The summed E-state index contributed by atoms with van der Waals surface area (Å²) in [7, 11) is -3.54. The molecular weight excluding hydrogens is 435 g/mol. The molecule has 1 amide bonds. The normalized spacial score (nSPS) is 20.2. The Balaban J connectivity index is 0.00000210. The van der Waals surface area contributed by atoms with Crippen LogP contribution in [0.1, 0.15) is 44.9 Å². The van der Waals surface area contributed by atoms with Crippen molar-refractivity contribution in [2.24, 2.45) is 17.6 Å². The van der Waals surface area contributed by atoms with E-state index in [2.05, 4.69) is 10.3 Å². The van der Waals surface area contributed by atoms with Gasteiger partial charge in [-0.05, 0) is 43.7 Å². The first kappa shape index (κ1) is 26.1. The van der Waals surface area contributed by atoms with Crippen LogP contribution in [0.4, 0.5) is 0 Å². The fraction of sp³-hybridized carbons (Fsp3) is 0.684. The van der Waals surface area contributed by atoms with E-state index in [4.69, 9.17) is 5.73 Å². The standard InChI is InChI=1S/C19H30N4O3S.2ClH/c20-13-18(15-5-2-1-3-6-15)22-19(24)16-8-11-23(12-9-16)27(25,26)17-7-4-10-21-14-17;;/h4,7,10,14-16,18H,1-3,5-6,8-9,11-13,20H2,(H,22,24);2*1H. The predicted molar refractivity (Wildman–Crippen MR) is 118 cm³/mol. The number of rotatable bonds is 6. The highest BCUT2D eigenvalue weighted by atomic mass is 35.5. The molecule has 3 N–H and O–H groups in total. The van der Waals surface area contributed by atoms with Gasteiger partial charge < -0.3 is 11.1 Å². The quantitative estimate of drug-likeness (QED) is 0.668. The highest BCUT2D eigenvalue weighted by molar-refractivity contribution is 7.89. The number of hydrogen-bond acceptors (Lipinski definition) is 5. The summed E-state index contributed by atoms with van der Waals surface area (Å²) < 4.78 is 26.8. The maximum atomic E-state index is 12.7. The van der Waals surface area contributed by atoms with Gasteiger partial charge in [0.15, 0.2) is 0 Å². The second kappa shape index (κ2) is 12.1. The molecule has 1 unspecified atom stereocenters. The first-order chi connectivity index (χ1) is 13.0. The van der Waals surface area contributed by atoms with Crippen molar-refractivity contribution >= 4 is 40.7 Å². The largest absolute Gasteiger partial charge is 0.352 e. The second-order valence-corrected chi connectivity index (χ2v) is 9.55. The molecule has 0 bridgehead atoms. The molecule has 2 heterocycles. The molecule has 1 aromatic heterocycles. The summed E-state index contributed by atoms with van der Waals surface area (Å²) in [5.74, 6) is 0.344. The molecule has 1 aliphatic heterocycles. The molecule has 1 atom stereocenters. The SMILES string of the molecule is Cl.Cl.NCC(NC(=O)C1CCN(S(=O)(=O)c2cccnc2)CC1)C1CCCCC1. The highest BCUT2D eigenvalue weighted by Crippen LogP contribution is 2.27. The molecule has 2 fully saturated rings.